The molecule has 2 aliphatic rings. The summed E-state index contributed by atoms with van der Waals surface area (Å²) in [6, 6.07) is 5.86. The quantitative estimate of drug-likeness (QED) is 0.384. The SMILES string of the molecule is O=c1ccn(CCCCCS(=O)(=O)NC2(c3ccc(F)c(OCC4CC4)c3)CCNC2)c(=O)[nH]1. The summed E-state index contributed by atoms with van der Waals surface area (Å²) < 4.78 is 50.1. The largest absolute Gasteiger partial charge is 0.490 e. The van der Waals surface area contributed by atoms with Crippen molar-refractivity contribution >= 4 is 10.0 Å². The monoisotopic (exact) mass is 494 g/mol. The summed E-state index contributed by atoms with van der Waals surface area (Å²) in [6.07, 6.45) is 5.81. The molecule has 11 heteroatoms. The van der Waals surface area contributed by atoms with E-state index in [1.165, 1.54) is 22.9 Å². The van der Waals surface area contributed by atoms with E-state index in [0.29, 0.717) is 63.4 Å². The van der Waals surface area contributed by atoms with E-state index in [9.17, 15) is 22.4 Å². The summed E-state index contributed by atoms with van der Waals surface area (Å²) in [4.78, 5) is 25.0. The van der Waals surface area contributed by atoms with Crippen LogP contribution in [-0.4, -0.2) is 43.4 Å². The highest BCUT2D eigenvalue weighted by Gasteiger charge is 2.39. The number of halogens is 1. The first-order valence-corrected chi connectivity index (χ1v) is 13.4. The molecule has 1 aliphatic carbocycles. The maximum Gasteiger partial charge on any atom is 0.328 e. The highest BCUT2D eigenvalue weighted by molar-refractivity contribution is 7.89. The van der Waals surface area contributed by atoms with Crippen LogP contribution < -0.4 is 26.0 Å². The second-order valence-electron chi connectivity index (χ2n) is 9.19. The van der Waals surface area contributed by atoms with Crippen molar-refractivity contribution in [3.05, 3.63) is 62.7 Å². The Labute approximate surface area is 197 Å². The van der Waals surface area contributed by atoms with Gasteiger partial charge in [-0.05, 0) is 62.3 Å². The Morgan fingerprint density at radius 3 is 2.71 bits per heavy atom. The van der Waals surface area contributed by atoms with Gasteiger partial charge in [-0.3, -0.25) is 9.78 Å². The lowest BCUT2D eigenvalue weighted by molar-refractivity contribution is 0.284. The fourth-order valence-corrected chi connectivity index (χ4v) is 5.78. The molecule has 0 spiro atoms. The minimum absolute atomic E-state index is 0.0541. The van der Waals surface area contributed by atoms with E-state index in [4.69, 9.17) is 4.74 Å². The Bertz CT molecular complexity index is 1220. The summed E-state index contributed by atoms with van der Waals surface area (Å²) in [5.41, 5.74) is -1.09. The number of aryl methyl sites for hydroxylation is 1. The van der Waals surface area contributed by atoms with Gasteiger partial charge < -0.3 is 14.6 Å². The molecule has 4 rings (SSSR count). The first-order valence-electron chi connectivity index (χ1n) is 11.7. The van der Waals surface area contributed by atoms with E-state index < -0.39 is 32.6 Å². The highest BCUT2D eigenvalue weighted by atomic mass is 32.2. The molecule has 1 aliphatic heterocycles. The molecule has 2 heterocycles. The van der Waals surface area contributed by atoms with Gasteiger partial charge in [0, 0.05) is 25.4 Å². The van der Waals surface area contributed by atoms with E-state index in [2.05, 4.69) is 15.0 Å². The fraction of sp³-hybridized carbons (Fsp3) is 0.565. The van der Waals surface area contributed by atoms with E-state index in [-0.39, 0.29) is 11.5 Å². The van der Waals surface area contributed by atoms with Crippen LogP contribution in [0.2, 0.25) is 0 Å². The average Bonchev–Trinajstić information content (AvgIpc) is 3.50. The van der Waals surface area contributed by atoms with Crippen LogP contribution in [0.5, 0.6) is 5.75 Å². The van der Waals surface area contributed by atoms with Gasteiger partial charge in [0.25, 0.3) is 5.56 Å². The molecule has 1 saturated heterocycles. The van der Waals surface area contributed by atoms with Gasteiger partial charge in [0.1, 0.15) is 0 Å². The van der Waals surface area contributed by atoms with Crippen molar-refractivity contribution in [3.63, 3.8) is 0 Å². The Morgan fingerprint density at radius 2 is 2.00 bits per heavy atom. The van der Waals surface area contributed by atoms with E-state index in [1.54, 1.807) is 12.1 Å². The lowest BCUT2D eigenvalue weighted by Crippen LogP contribution is -2.48. The minimum atomic E-state index is -3.61. The molecule has 186 valence electrons. The fourth-order valence-electron chi connectivity index (χ4n) is 4.21. The number of ether oxygens (including phenoxy) is 1. The molecule has 1 atom stereocenters. The van der Waals surface area contributed by atoms with Crippen molar-refractivity contribution in [2.75, 3.05) is 25.4 Å². The average molecular weight is 495 g/mol. The van der Waals surface area contributed by atoms with Gasteiger partial charge in [0.15, 0.2) is 11.6 Å². The van der Waals surface area contributed by atoms with Gasteiger partial charge >= 0.3 is 5.69 Å². The summed E-state index contributed by atoms with van der Waals surface area (Å²) in [7, 11) is -3.61. The molecule has 1 saturated carbocycles. The van der Waals surface area contributed by atoms with Gasteiger partial charge in [-0.15, -0.1) is 0 Å². The second-order valence-corrected chi connectivity index (χ2v) is 11.0. The lowest BCUT2D eigenvalue weighted by Gasteiger charge is -2.30. The van der Waals surface area contributed by atoms with Gasteiger partial charge in [0.2, 0.25) is 10.0 Å². The number of benzene rings is 1. The maximum atomic E-state index is 14.3. The number of hydrogen-bond acceptors (Lipinski definition) is 6. The number of hydrogen-bond donors (Lipinski definition) is 3. The molecule has 0 amide bonds. The van der Waals surface area contributed by atoms with Gasteiger partial charge in [-0.2, -0.15) is 0 Å². The van der Waals surface area contributed by atoms with Crippen molar-refractivity contribution in [1.82, 2.24) is 19.6 Å². The summed E-state index contributed by atoms with van der Waals surface area (Å²) in [5, 5.41) is 3.21. The van der Waals surface area contributed by atoms with Crippen LogP contribution in [0.4, 0.5) is 4.39 Å². The predicted octanol–water partition coefficient (Wildman–Crippen LogP) is 1.44. The third-order valence-corrected chi connectivity index (χ3v) is 7.90. The predicted molar refractivity (Wildman–Crippen MR) is 126 cm³/mol. The molecule has 3 N–H and O–H groups in total. The Hall–Kier alpha value is -2.50. The molecule has 2 fully saturated rings. The summed E-state index contributed by atoms with van der Waals surface area (Å²) in [6.45, 7) is 1.93. The lowest BCUT2D eigenvalue weighted by atomic mass is 9.90. The molecule has 0 radical (unpaired) electrons. The molecule has 1 aromatic carbocycles. The maximum absolute atomic E-state index is 14.3. The van der Waals surface area contributed by atoms with Crippen LogP contribution in [0, 0.1) is 11.7 Å². The van der Waals surface area contributed by atoms with Crippen LogP contribution in [0.3, 0.4) is 0 Å². The first-order chi connectivity index (χ1) is 16.3. The van der Waals surface area contributed by atoms with Crippen molar-refractivity contribution in [3.8, 4) is 5.75 Å². The van der Waals surface area contributed by atoms with E-state index in [1.807, 2.05) is 0 Å². The number of H-pyrrole nitrogens is 1. The normalized spacial score (nSPS) is 20.5. The van der Waals surface area contributed by atoms with Crippen molar-refractivity contribution in [2.45, 2.75) is 50.6 Å². The van der Waals surface area contributed by atoms with Crippen molar-refractivity contribution < 1.29 is 17.5 Å². The number of nitrogens with one attached hydrogen (secondary N) is 3. The zero-order valence-electron chi connectivity index (χ0n) is 19.0. The number of sulfonamides is 1. The zero-order chi connectivity index (χ0) is 24.2. The molecule has 34 heavy (non-hydrogen) atoms. The zero-order valence-corrected chi connectivity index (χ0v) is 19.8. The number of nitrogens with zero attached hydrogens (tertiary/aromatic N) is 1. The molecule has 1 unspecified atom stereocenters. The van der Waals surface area contributed by atoms with Gasteiger partial charge in [0.05, 0.1) is 17.9 Å². The van der Waals surface area contributed by atoms with Crippen molar-refractivity contribution in [2.24, 2.45) is 5.92 Å². The third kappa shape index (κ3) is 6.34. The topological polar surface area (TPSA) is 122 Å². The van der Waals surface area contributed by atoms with Crippen molar-refractivity contribution in [1.29, 1.82) is 0 Å². The minimum Gasteiger partial charge on any atom is -0.490 e. The summed E-state index contributed by atoms with van der Waals surface area (Å²) in [5.74, 6) is 0.135. The number of unbranched alkanes of at least 4 members (excludes halogenated alkanes) is 2. The summed E-state index contributed by atoms with van der Waals surface area (Å²) >= 11 is 0. The van der Waals surface area contributed by atoms with Crippen LogP contribution in [0.1, 0.15) is 44.1 Å². The number of aromatic nitrogens is 2. The molecule has 1 aromatic heterocycles. The molecule has 2 aromatic rings. The molecular formula is C23H31FN4O5S. The van der Waals surface area contributed by atoms with E-state index in [0.717, 1.165) is 12.8 Å². The number of rotatable bonds is 12. The van der Waals surface area contributed by atoms with Crippen LogP contribution >= 0.6 is 0 Å². The Balaban J connectivity index is 1.35. The highest BCUT2D eigenvalue weighted by Crippen LogP contribution is 2.34. The molecular weight excluding hydrogens is 463 g/mol. The standard InChI is InChI=1S/C23H31FN4O5S/c24-19-7-6-18(14-20(19)33-15-17-4-5-17)23(9-10-25-16-23)27-34(31,32)13-3-1-2-11-28-12-8-21(29)26-22(28)30/h6-8,12,14,17,25,27H,1-5,9-11,13,15-16H2,(H,26,29,30). The smallest absolute Gasteiger partial charge is 0.328 e. The molecule has 9 nitrogen and oxygen atoms in total. The van der Waals surface area contributed by atoms with Gasteiger partial charge in [-0.1, -0.05) is 12.5 Å². The molecule has 0 bridgehead atoms. The van der Waals surface area contributed by atoms with Crippen LogP contribution in [0.15, 0.2) is 40.1 Å². The third-order valence-electron chi connectivity index (χ3n) is 6.37. The van der Waals surface area contributed by atoms with Crippen LogP contribution in [-0.2, 0) is 22.1 Å². The van der Waals surface area contributed by atoms with E-state index >= 15 is 0 Å². The second kappa shape index (κ2) is 10.4. The first kappa shape index (κ1) is 24.6. The number of aromatic amines is 1. The Kier molecular flexibility index (Phi) is 7.54. The van der Waals surface area contributed by atoms with Crippen LogP contribution in [0.25, 0.3) is 0 Å². The Morgan fingerprint density at radius 1 is 1.18 bits per heavy atom. The van der Waals surface area contributed by atoms with Gasteiger partial charge in [-0.25, -0.2) is 22.3 Å².